The van der Waals surface area contributed by atoms with Gasteiger partial charge in [-0.2, -0.15) is 0 Å². The van der Waals surface area contributed by atoms with Gasteiger partial charge >= 0.3 is 0 Å². The van der Waals surface area contributed by atoms with E-state index < -0.39 is 0 Å². The van der Waals surface area contributed by atoms with Gasteiger partial charge in [-0.05, 0) is 30.5 Å². The number of nitrogens with one attached hydrogen (secondary N) is 1. The number of hydrogen-bond donors (Lipinski definition) is 1. The smallest absolute Gasteiger partial charge is 0.123 e. The lowest BCUT2D eigenvalue weighted by Gasteiger charge is -2.22. The van der Waals surface area contributed by atoms with Gasteiger partial charge in [0.1, 0.15) is 11.9 Å². The minimum atomic E-state index is 0.273. The second-order valence-electron chi connectivity index (χ2n) is 5.03. The molecule has 0 heterocycles. The summed E-state index contributed by atoms with van der Waals surface area (Å²) in [7, 11) is 0. The van der Waals surface area contributed by atoms with E-state index in [1.54, 1.807) is 0 Å². The first-order valence-corrected chi connectivity index (χ1v) is 7.15. The van der Waals surface area contributed by atoms with Gasteiger partial charge in [-0.15, -0.1) is 0 Å². The Kier molecular flexibility index (Phi) is 6.81. The van der Waals surface area contributed by atoms with E-state index in [0.29, 0.717) is 5.92 Å². The predicted molar refractivity (Wildman–Crippen MR) is 78.4 cm³/mol. The zero-order chi connectivity index (χ0) is 13.4. The van der Waals surface area contributed by atoms with Gasteiger partial charge in [0.25, 0.3) is 0 Å². The molecule has 1 unspecified atom stereocenters. The standard InChI is InChI=1S/C16H27NO/c1-5-9-14(12-17-6-2)18-16-11-8-7-10-15(16)13(3)4/h7-8,10-11,13-14,17H,5-6,9,12H2,1-4H3. The second-order valence-corrected chi connectivity index (χ2v) is 5.03. The molecule has 1 rings (SSSR count). The Bertz CT molecular complexity index is 336. The number of para-hydroxylation sites is 1. The van der Waals surface area contributed by atoms with E-state index in [4.69, 9.17) is 4.74 Å². The van der Waals surface area contributed by atoms with Gasteiger partial charge in [0.2, 0.25) is 0 Å². The summed E-state index contributed by atoms with van der Waals surface area (Å²) in [5, 5.41) is 3.38. The molecule has 0 aromatic heterocycles. The first kappa shape index (κ1) is 15.0. The highest BCUT2D eigenvalue weighted by Crippen LogP contribution is 2.27. The lowest BCUT2D eigenvalue weighted by Crippen LogP contribution is -2.31. The Hall–Kier alpha value is -1.02. The van der Waals surface area contributed by atoms with Crippen LogP contribution in [0, 0.1) is 0 Å². The monoisotopic (exact) mass is 249 g/mol. The zero-order valence-electron chi connectivity index (χ0n) is 12.2. The molecular formula is C16H27NO. The summed E-state index contributed by atoms with van der Waals surface area (Å²) in [6, 6.07) is 8.39. The van der Waals surface area contributed by atoms with E-state index in [0.717, 1.165) is 31.7 Å². The fourth-order valence-corrected chi connectivity index (χ4v) is 2.07. The van der Waals surface area contributed by atoms with Gasteiger partial charge in [0, 0.05) is 6.54 Å². The molecule has 0 aliphatic carbocycles. The Morgan fingerprint density at radius 2 is 1.89 bits per heavy atom. The molecule has 18 heavy (non-hydrogen) atoms. The fourth-order valence-electron chi connectivity index (χ4n) is 2.07. The molecule has 2 nitrogen and oxygen atoms in total. The average molecular weight is 249 g/mol. The number of benzene rings is 1. The molecule has 0 saturated heterocycles. The molecule has 1 N–H and O–H groups in total. The van der Waals surface area contributed by atoms with Crippen LogP contribution in [0.4, 0.5) is 0 Å². The number of rotatable bonds is 8. The van der Waals surface area contributed by atoms with Crippen molar-refractivity contribution in [2.75, 3.05) is 13.1 Å². The molecule has 1 aromatic rings. The summed E-state index contributed by atoms with van der Waals surface area (Å²) in [6.45, 7) is 10.7. The quantitative estimate of drug-likeness (QED) is 0.753. The molecular weight excluding hydrogens is 222 g/mol. The normalized spacial score (nSPS) is 12.7. The lowest BCUT2D eigenvalue weighted by atomic mass is 10.0. The third-order valence-corrected chi connectivity index (χ3v) is 3.07. The van der Waals surface area contributed by atoms with Crippen LogP contribution in [0.1, 0.15) is 52.0 Å². The van der Waals surface area contributed by atoms with E-state index >= 15 is 0 Å². The highest BCUT2D eigenvalue weighted by atomic mass is 16.5. The van der Waals surface area contributed by atoms with E-state index in [1.807, 2.05) is 0 Å². The van der Waals surface area contributed by atoms with Crippen LogP contribution in [0.5, 0.6) is 5.75 Å². The minimum absolute atomic E-state index is 0.273. The molecule has 2 heteroatoms. The third-order valence-electron chi connectivity index (χ3n) is 3.07. The maximum absolute atomic E-state index is 6.19. The van der Waals surface area contributed by atoms with E-state index in [9.17, 15) is 0 Å². The summed E-state index contributed by atoms with van der Waals surface area (Å²) >= 11 is 0. The molecule has 0 aliphatic heterocycles. The fraction of sp³-hybridized carbons (Fsp3) is 0.625. The molecule has 0 radical (unpaired) electrons. The number of ether oxygens (including phenoxy) is 1. The summed E-state index contributed by atoms with van der Waals surface area (Å²) < 4.78 is 6.19. The van der Waals surface area contributed by atoms with Gasteiger partial charge in [0.05, 0.1) is 0 Å². The lowest BCUT2D eigenvalue weighted by molar-refractivity contribution is 0.185. The minimum Gasteiger partial charge on any atom is -0.489 e. The molecule has 0 aliphatic rings. The van der Waals surface area contributed by atoms with Crippen molar-refractivity contribution < 1.29 is 4.74 Å². The van der Waals surface area contributed by atoms with Crippen LogP contribution < -0.4 is 10.1 Å². The van der Waals surface area contributed by atoms with Crippen LogP contribution in [0.15, 0.2) is 24.3 Å². The van der Waals surface area contributed by atoms with Crippen molar-refractivity contribution >= 4 is 0 Å². The maximum atomic E-state index is 6.19. The SMILES string of the molecule is CCCC(CNCC)Oc1ccccc1C(C)C. The van der Waals surface area contributed by atoms with Gasteiger partial charge in [-0.3, -0.25) is 0 Å². The van der Waals surface area contributed by atoms with Crippen molar-refractivity contribution in [1.29, 1.82) is 0 Å². The molecule has 0 amide bonds. The van der Waals surface area contributed by atoms with Gasteiger partial charge < -0.3 is 10.1 Å². The summed E-state index contributed by atoms with van der Waals surface area (Å²) in [6.07, 6.45) is 2.52. The second kappa shape index (κ2) is 8.15. The van der Waals surface area contributed by atoms with Gasteiger partial charge in [-0.25, -0.2) is 0 Å². The van der Waals surface area contributed by atoms with Crippen molar-refractivity contribution in [2.24, 2.45) is 0 Å². The Morgan fingerprint density at radius 1 is 1.17 bits per heavy atom. The highest BCUT2D eigenvalue weighted by molar-refractivity contribution is 5.35. The van der Waals surface area contributed by atoms with Gasteiger partial charge in [0.15, 0.2) is 0 Å². The zero-order valence-corrected chi connectivity index (χ0v) is 12.2. The van der Waals surface area contributed by atoms with Crippen molar-refractivity contribution in [3.8, 4) is 5.75 Å². The molecule has 0 spiro atoms. The Balaban J connectivity index is 2.73. The Labute approximate surface area is 112 Å². The topological polar surface area (TPSA) is 21.3 Å². The first-order chi connectivity index (χ1) is 8.69. The van der Waals surface area contributed by atoms with E-state index in [1.165, 1.54) is 5.56 Å². The molecule has 0 saturated carbocycles. The van der Waals surface area contributed by atoms with E-state index in [2.05, 4.69) is 57.3 Å². The number of likely N-dealkylation sites (N-methyl/N-ethyl adjacent to an activating group) is 1. The Morgan fingerprint density at radius 3 is 2.50 bits per heavy atom. The van der Waals surface area contributed by atoms with Crippen LogP contribution >= 0.6 is 0 Å². The molecule has 102 valence electrons. The average Bonchev–Trinajstić information content (AvgIpc) is 2.36. The van der Waals surface area contributed by atoms with Crippen molar-refractivity contribution in [1.82, 2.24) is 5.32 Å². The van der Waals surface area contributed by atoms with E-state index in [-0.39, 0.29) is 6.10 Å². The van der Waals surface area contributed by atoms with Crippen molar-refractivity contribution in [2.45, 2.75) is 52.6 Å². The third kappa shape index (κ3) is 4.69. The van der Waals surface area contributed by atoms with Crippen LogP contribution in [0.3, 0.4) is 0 Å². The number of hydrogen-bond acceptors (Lipinski definition) is 2. The predicted octanol–water partition coefficient (Wildman–Crippen LogP) is 3.97. The molecule has 0 fully saturated rings. The molecule has 1 atom stereocenters. The van der Waals surface area contributed by atoms with Crippen LogP contribution in [-0.4, -0.2) is 19.2 Å². The molecule has 0 bridgehead atoms. The van der Waals surface area contributed by atoms with Crippen molar-refractivity contribution in [3.05, 3.63) is 29.8 Å². The highest BCUT2D eigenvalue weighted by Gasteiger charge is 2.13. The summed E-state index contributed by atoms with van der Waals surface area (Å²) in [5.74, 6) is 1.55. The summed E-state index contributed by atoms with van der Waals surface area (Å²) in [4.78, 5) is 0. The van der Waals surface area contributed by atoms with Crippen molar-refractivity contribution in [3.63, 3.8) is 0 Å². The maximum Gasteiger partial charge on any atom is 0.123 e. The molecule has 1 aromatic carbocycles. The van der Waals surface area contributed by atoms with Crippen LogP contribution in [0.25, 0.3) is 0 Å². The van der Waals surface area contributed by atoms with Crippen LogP contribution in [0.2, 0.25) is 0 Å². The largest absolute Gasteiger partial charge is 0.489 e. The van der Waals surface area contributed by atoms with Crippen LogP contribution in [-0.2, 0) is 0 Å². The summed E-state index contributed by atoms with van der Waals surface area (Å²) in [5.41, 5.74) is 1.30. The van der Waals surface area contributed by atoms with Gasteiger partial charge in [-0.1, -0.05) is 52.3 Å². The first-order valence-electron chi connectivity index (χ1n) is 7.15.